The Morgan fingerprint density at radius 2 is 1.96 bits per heavy atom. The van der Waals surface area contributed by atoms with Crippen molar-refractivity contribution in [1.29, 1.82) is 0 Å². The second-order valence-corrected chi connectivity index (χ2v) is 6.79. The van der Waals surface area contributed by atoms with Crippen molar-refractivity contribution in [3.8, 4) is 22.8 Å². The highest BCUT2D eigenvalue weighted by Crippen LogP contribution is 2.26. The normalized spacial score (nSPS) is 11.0. The molecular weight excluding hydrogens is 372 g/mol. The molecule has 0 radical (unpaired) electrons. The summed E-state index contributed by atoms with van der Waals surface area (Å²) in [6.45, 7) is 0. The minimum Gasteiger partial charge on any atom is -0.338 e. The Labute approximate surface area is 158 Å². The van der Waals surface area contributed by atoms with Crippen LogP contribution in [0.2, 0.25) is 5.02 Å². The monoisotopic (exact) mass is 384 g/mol. The van der Waals surface area contributed by atoms with Crippen molar-refractivity contribution in [2.45, 2.75) is 10.9 Å². The first-order chi connectivity index (χ1) is 12.7. The summed E-state index contributed by atoms with van der Waals surface area (Å²) >= 11 is 7.48. The van der Waals surface area contributed by atoms with Gasteiger partial charge >= 0.3 is 0 Å². The quantitative estimate of drug-likeness (QED) is 0.483. The fourth-order valence-electron chi connectivity index (χ4n) is 2.38. The molecule has 9 heteroatoms. The van der Waals surface area contributed by atoms with Crippen LogP contribution >= 0.6 is 23.4 Å². The van der Waals surface area contributed by atoms with E-state index >= 15 is 0 Å². The van der Waals surface area contributed by atoms with Crippen molar-refractivity contribution < 1.29 is 4.52 Å². The summed E-state index contributed by atoms with van der Waals surface area (Å²) in [6, 6.07) is 11.1. The molecule has 0 amide bonds. The molecule has 0 spiro atoms. The minimum atomic E-state index is 0.496. The standard InChI is InChI=1S/C17H13ClN6OS/c1-24-16(11-5-7-19-8-6-11)21-22-17(24)26-10-14-20-15(23-25-14)12-3-2-4-13(18)9-12/h2-9H,10H2,1H3. The maximum absolute atomic E-state index is 6.00. The zero-order valence-corrected chi connectivity index (χ0v) is 15.3. The molecule has 0 saturated heterocycles. The molecule has 3 aromatic heterocycles. The lowest BCUT2D eigenvalue weighted by Crippen LogP contribution is -1.95. The van der Waals surface area contributed by atoms with Crippen LogP contribution in [0.5, 0.6) is 0 Å². The second kappa shape index (κ2) is 7.27. The third-order valence-corrected chi connectivity index (χ3v) is 4.89. The van der Waals surface area contributed by atoms with Gasteiger partial charge in [-0.05, 0) is 24.3 Å². The fraction of sp³-hybridized carbons (Fsp3) is 0.118. The highest BCUT2D eigenvalue weighted by atomic mass is 35.5. The summed E-state index contributed by atoms with van der Waals surface area (Å²) in [5, 5.41) is 13.9. The Hall–Kier alpha value is -2.71. The summed E-state index contributed by atoms with van der Waals surface area (Å²) in [5.74, 6) is 2.30. The molecule has 7 nitrogen and oxygen atoms in total. The van der Waals surface area contributed by atoms with E-state index in [1.165, 1.54) is 11.8 Å². The average Bonchev–Trinajstić information content (AvgIpc) is 3.28. The number of nitrogens with zero attached hydrogens (tertiary/aromatic N) is 6. The van der Waals surface area contributed by atoms with Crippen molar-refractivity contribution in [2.24, 2.45) is 7.05 Å². The Balaban J connectivity index is 1.48. The second-order valence-electron chi connectivity index (χ2n) is 5.41. The zero-order valence-electron chi connectivity index (χ0n) is 13.7. The van der Waals surface area contributed by atoms with Crippen LogP contribution < -0.4 is 0 Å². The van der Waals surface area contributed by atoms with Crippen LogP contribution in [0.1, 0.15) is 5.89 Å². The van der Waals surface area contributed by atoms with E-state index in [9.17, 15) is 0 Å². The number of hydrogen-bond donors (Lipinski definition) is 0. The zero-order chi connectivity index (χ0) is 17.9. The van der Waals surface area contributed by atoms with Gasteiger partial charge in [0.1, 0.15) is 0 Å². The molecule has 0 N–H and O–H groups in total. The molecule has 130 valence electrons. The Morgan fingerprint density at radius 1 is 1.12 bits per heavy atom. The summed E-state index contributed by atoms with van der Waals surface area (Å²) in [5.41, 5.74) is 1.78. The number of thioether (sulfide) groups is 1. The number of pyridine rings is 1. The van der Waals surface area contributed by atoms with E-state index in [1.807, 2.05) is 35.9 Å². The third-order valence-electron chi connectivity index (χ3n) is 3.65. The van der Waals surface area contributed by atoms with Crippen molar-refractivity contribution in [2.75, 3.05) is 0 Å². The molecule has 0 fully saturated rings. The Morgan fingerprint density at radius 3 is 2.77 bits per heavy atom. The number of hydrogen-bond acceptors (Lipinski definition) is 7. The lowest BCUT2D eigenvalue weighted by atomic mass is 10.2. The first kappa shape index (κ1) is 16.7. The van der Waals surface area contributed by atoms with Gasteiger partial charge in [0.05, 0.1) is 5.75 Å². The van der Waals surface area contributed by atoms with E-state index in [4.69, 9.17) is 16.1 Å². The molecule has 0 saturated carbocycles. The van der Waals surface area contributed by atoms with Gasteiger partial charge in [-0.1, -0.05) is 40.7 Å². The molecule has 0 unspecified atom stereocenters. The van der Waals surface area contributed by atoms with Gasteiger partial charge in [-0.15, -0.1) is 10.2 Å². The SMILES string of the molecule is Cn1c(SCc2nc(-c3cccc(Cl)c3)no2)nnc1-c1ccncc1. The van der Waals surface area contributed by atoms with E-state index in [2.05, 4.69) is 25.3 Å². The van der Waals surface area contributed by atoms with Crippen LogP contribution in [-0.2, 0) is 12.8 Å². The van der Waals surface area contributed by atoms with Gasteiger partial charge in [0.15, 0.2) is 11.0 Å². The molecular formula is C17H13ClN6OS. The molecule has 1 aromatic carbocycles. The molecule has 0 bridgehead atoms. The maximum atomic E-state index is 6.00. The summed E-state index contributed by atoms with van der Waals surface area (Å²) in [4.78, 5) is 8.43. The Bertz CT molecular complexity index is 1030. The third kappa shape index (κ3) is 3.47. The van der Waals surface area contributed by atoms with E-state index < -0.39 is 0 Å². The van der Waals surface area contributed by atoms with Crippen molar-refractivity contribution in [3.63, 3.8) is 0 Å². The maximum Gasteiger partial charge on any atom is 0.237 e. The largest absolute Gasteiger partial charge is 0.338 e. The van der Waals surface area contributed by atoms with E-state index in [1.54, 1.807) is 24.5 Å². The van der Waals surface area contributed by atoms with Crippen molar-refractivity contribution >= 4 is 23.4 Å². The Kier molecular flexibility index (Phi) is 4.68. The van der Waals surface area contributed by atoms with Crippen LogP contribution in [0.3, 0.4) is 0 Å². The van der Waals surface area contributed by atoms with Crippen LogP contribution in [0.25, 0.3) is 22.8 Å². The van der Waals surface area contributed by atoms with Crippen LogP contribution in [0, 0.1) is 0 Å². The first-order valence-electron chi connectivity index (χ1n) is 7.72. The van der Waals surface area contributed by atoms with Gasteiger partial charge in [-0.3, -0.25) is 4.98 Å². The lowest BCUT2D eigenvalue weighted by Gasteiger charge is -2.02. The molecule has 4 aromatic rings. The van der Waals surface area contributed by atoms with Gasteiger partial charge in [0.25, 0.3) is 0 Å². The van der Waals surface area contributed by atoms with Crippen molar-refractivity contribution in [3.05, 3.63) is 59.7 Å². The number of halogens is 1. The predicted octanol–water partition coefficient (Wildman–Crippen LogP) is 3.87. The van der Waals surface area contributed by atoms with E-state index in [0.29, 0.717) is 22.5 Å². The van der Waals surface area contributed by atoms with Crippen molar-refractivity contribution in [1.82, 2.24) is 29.9 Å². The number of benzene rings is 1. The van der Waals surface area contributed by atoms with Gasteiger partial charge in [0, 0.05) is 35.6 Å². The average molecular weight is 385 g/mol. The summed E-state index contributed by atoms with van der Waals surface area (Å²) < 4.78 is 7.25. The molecule has 26 heavy (non-hydrogen) atoms. The first-order valence-corrected chi connectivity index (χ1v) is 9.08. The summed E-state index contributed by atoms with van der Waals surface area (Å²) in [7, 11) is 1.92. The number of aromatic nitrogens is 6. The van der Waals surface area contributed by atoms with Crippen LogP contribution in [-0.4, -0.2) is 29.9 Å². The van der Waals surface area contributed by atoms with Gasteiger partial charge in [-0.25, -0.2) is 0 Å². The minimum absolute atomic E-state index is 0.496. The highest BCUT2D eigenvalue weighted by Gasteiger charge is 2.14. The van der Waals surface area contributed by atoms with Crippen LogP contribution in [0.4, 0.5) is 0 Å². The van der Waals surface area contributed by atoms with Gasteiger partial charge in [-0.2, -0.15) is 4.98 Å². The lowest BCUT2D eigenvalue weighted by molar-refractivity contribution is 0.391. The molecule has 0 aliphatic carbocycles. The van der Waals surface area contributed by atoms with Gasteiger partial charge in [0.2, 0.25) is 11.7 Å². The molecule has 3 heterocycles. The fourth-order valence-corrected chi connectivity index (χ4v) is 3.32. The molecule has 0 aliphatic rings. The topological polar surface area (TPSA) is 82.5 Å². The smallest absolute Gasteiger partial charge is 0.237 e. The summed E-state index contributed by atoms with van der Waals surface area (Å²) in [6.07, 6.45) is 3.46. The van der Waals surface area contributed by atoms with Crippen LogP contribution in [0.15, 0.2) is 58.5 Å². The highest BCUT2D eigenvalue weighted by molar-refractivity contribution is 7.98. The van der Waals surface area contributed by atoms with Gasteiger partial charge < -0.3 is 9.09 Å². The molecule has 4 rings (SSSR count). The van der Waals surface area contributed by atoms with E-state index in [-0.39, 0.29) is 0 Å². The predicted molar refractivity (Wildman–Crippen MR) is 98.5 cm³/mol. The number of rotatable bonds is 5. The molecule has 0 aliphatic heterocycles. The van der Waals surface area contributed by atoms with E-state index in [0.717, 1.165) is 22.1 Å². The molecule has 0 atom stereocenters.